The van der Waals surface area contributed by atoms with Gasteiger partial charge in [0.05, 0.1) is 4.90 Å². The standard InChI is InChI=1S/C15H17NO2S2/c1-12(13-6-4-3-5-7-13)16-20(17,18)15-10-8-14(19-2)9-11-15/h3-12,16H,1-2H3/t12-/m1/s1. The number of sulfonamides is 1. The molecule has 20 heavy (non-hydrogen) atoms. The first kappa shape index (κ1) is 15.1. The molecule has 0 amide bonds. The molecular weight excluding hydrogens is 290 g/mol. The van der Waals surface area contributed by atoms with E-state index in [2.05, 4.69) is 4.72 Å². The highest BCUT2D eigenvalue weighted by molar-refractivity contribution is 7.98. The van der Waals surface area contributed by atoms with Crippen LogP contribution in [0.2, 0.25) is 0 Å². The molecule has 0 bridgehead atoms. The average molecular weight is 307 g/mol. The third kappa shape index (κ3) is 3.62. The van der Waals surface area contributed by atoms with E-state index in [0.29, 0.717) is 0 Å². The highest BCUT2D eigenvalue weighted by atomic mass is 32.2. The van der Waals surface area contributed by atoms with Crippen molar-refractivity contribution >= 4 is 21.8 Å². The number of thioether (sulfide) groups is 1. The lowest BCUT2D eigenvalue weighted by molar-refractivity contribution is 0.567. The van der Waals surface area contributed by atoms with Gasteiger partial charge in [-0.05, 0) is 43.0 Å². The van der Waals surface area contributed by atoms with Crippen LogP contribution in [-0.4, -0.2) is 14.7 Å². The first-order chi connectivity index (χ1) is 9.53. The van der Waals surface area contributed by atoms with Crippen molar-refractivity contribution < 1.29 is 8.42 Å². The van der Waals surface area contributed by atoms with Gasteiger partial charge in [-0.3, -0.25) is 0 Å². The van der Waals surface area contributed by atoms with E-state index in [9.17, 15) is 8.42 Å². The average Bonchev–Trinajstić information content (AvgIpc) is 2.48. The Hall–Kier alpha value is -1.30. The molecule has 106 valence electrons. The summed E-state index contributed by atoms with van der Waals surface area (Å²) >= 11 is 1.58. The van der Waals surface area contributed by atoms with E-state index < -0.39 is 10.0 Å². The molecule has 2 aromatic carbocycles. The first-order valence-corrected chi connectivity index (χ1v) is 8.95. The SMILES string of the molecule is CSc1ccc(S(=O)(=O)N[C@H](C)c2ccccc2)cc1. The monoisotopic (exact) mass is 307 g/mol. The molecule has 0 unspecified atom stereocenters. The van der Waals surface area contributed by atoms with Crippen molar-refractivity contribution in [1.29, 1.82) is 0 Å². The van der Waals surface area contributed by atoms with Gasteiger partial charge in [0, 0.05) is 10.9 Å². The maximum Gasteiger partial charge on any atom is 0.241 e. The molecule has 2 aromatic rings. The number of hydrogen-bond acceptors (Lipinski definition) is 3. The smallest absolute Gasteiger partial charge is 0.207 e. The molecule has 0 saturated carbocycles. The Morgan fingerprint density at radius 3 is 2.15 bits per heavy atom. The van der Waals surface area contributed by atoms with Gasteiger partial charge in [0.25, 0.3) is 0 Å². The fourth-order valence-corrected chi connectivity index (χ4v) is 3.51. The molecule has 0 fully saturated rings. The van der Waals surface area contributed by atoms with Crippen LogP contribution in [0.4, 0.5) is 0 Å². The maximum atomic E-state index is 12.3. The van der Waals surface area contributed by atoms with Gasteiger partial charge in [0.1, 0.15) is 0 Å². The van der Waals surface area contributed by atoms with E-state index >= 15 is 0 Å². The van der Waals surface area contributed by atoms with E-state index in [-0.39, 0.29) is 10.9 Å². The van der Waals surface area contributed by atoms with E-state index in [4.69, 9.17) is 0 Å². The molecule has 0 aromatic heterocycles. The highest BCUT2D eigenvalue weighted by Crippen LogP contribution is 2.20. The Balaban J connectivity index is 2.18. The second-order valence-electron chi connectivity index (χ2n) is 4.43. The summed E-state index contributed by atoms with van der Waals surface area (Å²) in [5, 5.41) is 0. The Morgan fingerprint density at radius 1 is 1.00 bits per heavy atom. The molecule has 3 nitrogen and oxygen atoms in total. The largest absolute Gasteiger partial charge is 0.241 e. The summed E-state index contributed by atoms with van der Waals surface area (Å²) in [5.74, 6) is 0. The summed E-state index contributed by atoms with van der Waals surface area (Å²) in [5.41, 5.74) is 0.941. The van der Waals surface area contributed by atoms with Crippen LogP contribution in [0.5, 0.6) is 0 Å². The molecular formula is C15H17NO2S2. The van der Waals surface area contributed by atoms with Crippen LogP contribution in [0.1, 0.15) is 18.5 Å². The number of benzene rings is 2. The van der Waals surface area contributed by atoms with E-state index in [1.165, 1.54) is 0 Å². The molecule has 5 heteroatoms. The van der Waals surface area contributed by atoms with Crippen molar-refractivity contribution in [3.05, 3.63) is 60.2 Å². The fourth-order valence-electron chi connectivity index (χ4n) is 1.87. The Kier molecular flexibility index (Phi) is 4.86. The lowest BCUT2D eigenvalue weighted by Crippen LogP contribution is -2.26. The predicted molar refractivity (Wildman–Crippen MR) is 83.4 cm³/mol. The number of rotatable bonds is 5. The fraction of sp³-hybridized carbons (Fsp3) is 0.200. The molecule has 1 N–H and O–H groups in total. The maximum absolute atomic E-state index is 12.3. The zero-order valence-corrected chi connectivity index (χ0v) is 13.0. The Bertz CT molecular complexity index is 652. The quantitative estimate of drug-likeness (QED) is 0.861. The Labute approximate surface area is 124 Å². The first-order valence-electron chi connectivity index (χ1n) is 6.24. The van der Waals surface area contributed by atoms with Gasteiger partial charge < -0.3 is 0 Å². The molecule has 0 heterocycles. The van der Waals surface area contributed by atoms with Crippen molar-refractivity contribution in [1.82, 2.24) is 4.72 Å². The van der Waals surface area contributed by atoms with Crippen LogP contribution in [0.3, 0.4) is 0 Å². The minimum absolute atomic E-state index is 0.263. The van der Waals surface area contributed by atoms with Crippen LogP contribution in [-0.2, 0) is 10.0 Å². The third-order valence-corrected chi connectivity index (χ3v) is 5.30. The van der Waals surface area contributed by atoms with E-state index in [0.717, 1.165) is 10.5 Å². The molecule has 0 spiro atoms. The normalized spacial score (nSPS) is 13.1. The van der Waals surface area contributed by atoms with Crippen LogP contribution < -0.4 is 4.72 Å². The van der Waals surface area contributed by atoms with Gasteiger partial charge in [-0.1, -0.05) is 30.3 Å². The minimum atomic E-state index is -3.49. The van der Waals surface area contributed by atoms with Gasteiger partial charge in [-0.2, -0.15) is 0 Å². The van der Waals surface area contributed by atoms with Crippen molar-refractivity contribution in [2.45, 2.75) is 22.8 Å². The second-order valence-corrected chi connectivity index (χ2v) is 7.02. The molecule has 0 aliphatic rings. The Morgan fingerprint density at radius 2 is 1.60 bits per heavy atom. The molecule has 2 rings (SSSR count). The summed E-state index contributed by atoms with van der Waals surface area (Å²) in [4.78, 5) is 1.33. The number of nitrogens with one attached hydrogen (secondary N) is 1. The van der Waals surface area contributed by atoms with Gasteiger partial charge in [0.2, 0.25) is 10.0 Å². The van der Waals surface area contributed by atoms with Crippen molar-refractivity contribution in [3.8, 4) is 0 Å². The molecule has 1 atom stereocenters. The third-order valence-electron chi connectivity index (χ3n) is 3.00. The summed E-state index contributed by atoms with van der Waals surface area (Å²) in [6.07, 6.45) is 1.96. The van der Waals surface area contributed by atoms with Gasteiger partial charge in [-0.15, -0.1) is 11.8 Å². The lowest BCUT2D eigenvalue weighted by Gasteiger charge is -2.14. The molecule has 0 aliphatic carbocycles. The van der Waals surface area contributed by atoms with Crippen LogP contribution >= 0.6 is 11.8 Å². The second kappa shape index (κ2) is 6.43. The predicted octanol–water partition coefficient (Wildman–Crippen LogP) is 3.45. The minimum Gasteiger partial charge on any atom is -0.207 e. The van der Waals surface area contributed by atoms with Crippen LogP contribution in [0.25, 0.3) is 0 Å². The highest BCUT2D eigenvalue weighted by Gasteiger charge is 2.17. The molecule has 0 saturated heterocycles. The van der Waals surface area contributed by atoms with Gasteiger partial charge in [0.15, 0.2) is 0 Å². The summed E-state index contributed by atoms with van der Waals surface area (Å²) in [7, 11) is -3.49. The van der Waals surface area contributed by atoms with Gasteiger partial charge >= 0.3 is 0 Å². The number of hydrogen-bond donors (Lipinski definition) is 1. The summed E-state index contributed by atoms with van der Waals surface area (Å²) in [6, 6.07) is 16.1. The molecule has 0 aliphatic heterocycles. The van der Waals surface area contributed by atoms with Gasteiger partial charge in [-0.25, -0.2) is 13.1 Å². The molecule has 0 radical (unpaired) electrons. The summed E-state index contributed by atoms with van der Waals surface area (Å²) in [6.45, 7) is 1.84. The van der Waals surface area contributed by atoms with E-state index in [1.54, 1.807) is 23.9 Å². The van der Waals surface area contributed by atoms with Crippen molar-refractivity contribution in [3.63, 3.8) is 0 Å². The zero-order chi connectivity index (χ0) is 14.6. The lowest BCUT2D eigenvalue weighted by atomic mass is 10.1. The van der Waals surface area contributed by atoms with Crippen molar-refractivity contribution in [2.24, 2.45) is 0 Å². The van der Waals surface area contributed by atoms with Crippen LogP contribution in [0, 0.1) is 0 Å². The van der Waals surface area contributed by atoms with Crippen molar-refractivity contribution in [2.75, 3.05) is 6.26 Å². The topological polar surface area (TPSA) is 46.2 Å². The van der Waals surface area contributed by atoms with E-state index in [1.807, 2.05) is 55.6 Å². The van der Waals surface area contributed by atoms with Crippen LogP contribution in [0.15, 0.2) is 64.4 Å². The summed E-state index contributed by atoms with van der Waals surface area (Å²) < 4.78 is 27.3. The zero-order valence-electron chi connectivity index (χ0n) is 11.4.